The normalized spacial score (nSPS) is 11.0. The molecule has 124 valence electrons. The Balaban J connectivity index is 2.37. The third kappa shape index (κ3) is 3.05. The number of fused-ring (bicyclic) bond motifs is 1. The molecule has 1 aromatic heterocycles. The van der Waals surface area contributed by atoms with Gasteiger partial charge in [-0.05, 0) is 35.9 Å². The molecule has 0 aliphatic heterocycles. The van der Waals surface area contributed by atoms with E-state index < -0.39 is 5.97 Å². The minimum absolute atomic E-state index is 0.202. The quantitative estimate of drug-likeness (QED) is 0.630. The van der Waals surface area contributed by atoms with Crippen LogP contribution in [0.3, 0.4) is 0 Å². The van der Waals surface area contributed by atoms with Crippen LogP contribution >= 0.6 is 34.8 Å². The number of aromatic nitrogens is 1. The summed E-state index contributed by atoms with van der Waals surface area (Å²) in [7, 11) is 1.54. The van der Waals surface area contributed by atoms with Crippen LogP contribution in [0.2, 0.25) is 15.1 Å². The lowest BCUT2D eigenvalue weighted by molar-refractivity contribution is -0.136. The summed E-state index contributed by atoms with van der Waals surface area (Å²) in [5, 5.41) is 11.3. The van der Waals surface area contributed by atoms with Crippen molar-refractivity contribution in [3.05, 3.63) is 51.0 Å². The van der Waals surface area contributed by atoms with Gasteiger partial charge in [0.2, 0.25) is 0 Å². The van der Waals surface area contributed by atoms with E-state index in [1.807, 2.05) is 0 Å². The molecule has 0 atom stereocenters. The molecular formula is C17H12Cl3NO3. The number of rotatable bonds is 4. The summed E-state index contributed by atoms with van der Waals surface area (Å²) >= 11 is 18.5. The van der Waals surface area contributed by atoms with E-state index in [0.717, 1.165) is 0 Å². The second-order valence-corrected chi connectivity index (χ2v) is 6.48. The molecule has 1 heterocycles. The van der Waals surface area contributed by atoms with Crippen LogP contribution in [0.15, 0.2) is 30.3 Å². The van der Waals surface area contributed by atoms with Crippen molar-refractivity contribution in [1.29, 1.82) is 0 Å². The lowest BCUT2D eigenvalue weighted by Gasteiger charge is -2.09. The van der Waals surface area contributed by atoms with Gasteiger partial charge in [0, 0.05) is 26.5 Å². The van der Waals surface area contributed by atoms with E-state index in [9.17, 15) is 9.90 Å². The molecule has 0 saturated heterocycles. The zero-order chi connectivity index (χ0) is 17.4. The highest BCUT2D eigenvalue weighted by Gasteiger charge is 2.21. The van der Waals surface area contributed by atoms with Crippen LogP contribution in [0, 0.1) is 0 Å². The lowest BCUT2D eigenvalue weighted by Crippen LogP contribution is -2.01. The van der Waals surface area contributed by atoms with E-state index in [1.165, 1.54) is 7.11 Å². The molecule has 0 bridgehead atoms. The summed E-state index contributed by atoms with van der Waals surface area (Å²) in [4.78, 5) is 14.6. The highest BCUT2D eigenvalue weighted by atomic mass is 35.5. The van der Waals surface area contributed by atoms with Crippen LogP contribution in [-0.2, 0) is 11.2 Å². The molecule has 0 amide bonds. The Hall–Kier alpha value is -1.88. The molecule has 24 heavy (non-hydrogen) atoms. The molecule has 7 heteroatoms. The largest absolute Gasteiger partial charge is 0.496 e. The highest BCUT2D eigenvalue weighted by molar-refractivity contribution is 6.39. The Labute approximate surface area is 152 Å². The number of hydrogen-bond donors (Lipinski definition) is 2. The van der Waals surface area contributed by atoms with Crippen molar-refractivity contribution in [3.63, 3.8) is 0 Å². The summed E-state index contributed by atoms with van der Waals surface area (Å²) in [5.41, 5.74) is 2.46. The third-order valence-corrected chi connectivity index (χ3v) is 4.43. The van der Waals surface area contributed by atoms with Crippen molar-refractivity contribution in [1.82, 2.24) is 4.98 Å². The van der Waals surface area contributed by atoms with Crippen LogP contribution in [0.4, 0.5) is 0 Å². The van der Waals surface area contributed by atoms with Gasteiger partial charge in [0.15, 0.2) is 0 Å². The molecule has 2 N–H and O–H groups in total. The molecule has 0 fully saturated rings. The van der Waals surface area contributed by atoms with Crippen molar-refractivity contribution in [2.75, 3.05) is 7.11 Å². The average Bonchev–Trinajstić information content (AvgIpc) is 2.84. The first-order valence-corrected chi connectivity index (χ1v) is 8.09. The Kier molecular flexibility index (Phi) is 4.63. The zero-order valence-corrected chi connectivity index (χ0v) is 14.8. The summed E-state index contributed by atoms with van der Waals surface area (Å²) in [6.07, 6.45) is -0.202. The minimum Gasteiger partial charge on any atom is -0.496 e. The van der Waals surface area contributed by atoms with Gasteiger partial charge in [-0.15, -0.1) is 0 Å². The summed E-state index contributed by atoms with van der Waals surface area (Å²) in [6, 6.07) is 8.43. The summed E-state index contributed by atoms with van der Waals surface area (Å²) in [5.74, 6) is -0.399. The molecule has 0 spiro atoms. The van der Waals surface area contributed by atoms with Crippen LogP contribution in [0.1, 0.15) is 5.56 Å². The number of halogens is 3. The first-order valence-electron chi connectivity index (χ1n) is 6.96. The molecule has 0 saturated carbocycles. The van der Waals surface area contributed by atoms with E-state index in [4.69, 9.17) is 39.5 Å². The van der Waals surface area contributed by atoms with Gasteiger partial charge in [-0.2, -0.15) is 0 Å². The number of ether oxygens (including phenoxy) is 1. The minimum atomic E-state index is -0.968. The fraction of sp³-hybridized carbons (Fsp3) is 0.118. The monoisotopic (exact) mass is 383 g/mol. The van der Waals surface area contributed by atoms with E-state index in [2.05, 4.69) is 4.98 Å². The molecule has 0 radical (unpaired) electrons. The second kappa shape index (κ2) is 6.55. The maximum atomic E-state index is 11.4. The van der Waals surface area contributed by atoms with E-state index >= 15 is 0 Å². The molecule has 0 aliphatic carbocycles. The first kappa shape index (κ1) is 17.0. The van der Waals surface area contributed by atoms with Gasteiger partial charge in [-0.3, -0.25) is 4.79 Å². The number of methoxy groups -OCH3 is 1. The second-order valence-electron chi connectivity index (χ2n) is 5.20. The molecular weight excluding hydrogens is 373 g/mol. The standard InChI is InChI=1S/C17H12Cl3NO3/c1-24-14-3-2-8(18)4-10(14)17-11(7-15(22)23)16-12(20)5-9(19)6-13(16)21-17/h2-6,21H,7H2,1H3,(H,22,23). The number of carboxylic acids is 1. The van der Waals surface area contributed by atoms with Gasteiger partial charge >= 0.3 is 5.97 Å². The van der Waals surface area contributed by atoms with E-state index in [-0.39, 0.29) is 6.42 Å². The van der Waals surface area contributed by atoms with Crippen LogP contribution in [0.5, 0.6) is 5.75 Å². The molecule has 0 aliphatic rings. The van der Waals surface area contributed by atoms with Gasteiger partial charge in [0.05, 0.1) is 24.2 Å². The number of carbonyl (C=O) groups is 1. The molecule has 4 nitrogen and oxygen atoms in total. The van der Waals surface area contributed by atoms with Crippen molar-refractivity contribution in [3.8, 4) is 17.0 Å². The number of aromatic amines is 1. The fourth-order valence-corrected chi connectivity index (χ4v) is 3.53. The Morgan fingerprint density at radius 2 is 1.92 bits per heavy atom. The van der Waals surface area contributed by atoms with Crippen LogP contribution in [0.25, 0.3) is 22.2 Å². The van der Waals surface area contributed by atoms with Gasteiger partial charge in [0.25, 0.3) is 0 Å². The lowest BCUT2D eigenvalue weighted by atomic mass is 10.0. The smallest absolute Gasteiger partial charge is 0.307 e. The predicted molar refractivity (Wildman–Crippen MR) is 96.7 cm³/mol. The maximum Gasteiger partial charge on any atom is 0.307 e. The van der Waals surface area contributed by atoms with E-state index in [1.54, 1.807) is 30.3 Å². The Bertz CT molecular complexity index is 950. The number of aliphatic carboxylic acids is 1. The van der Waals surface area contributed by atoms with Crippen molar-refractivity contribution >= 4 is 51.7 Å². The van der Waals surface area contributed by atoms with Crippen LogP contribution < -0.4 is 4.74 Å². The topological polar surface area (TPSA) is 62.3 Å². The summed E-state index contributed by atoms with van der Waals surface area (Å²) in [6.45, 7) is 0. The molecule has 2 aromatic carbocycles. The average molecular weight is 385 g/mol. The van der Waals surface area contributed by atoms with Crippen molar-refractivity contribution in [2.45, 2.75) is 6.42 Å². The Morgan fingerprint density at radius 1 is 1.17 bits per heavy atom. The van der Waals surface area contributed by atoms with Gasteiger partial charge in [-0.1, -0.05) is 34.8 Å². The third-order valence-electron chi connectivity index (χ3n) is 3.68. The van der Waals surface area contributed by atoms with Crippen LogP contribution in [-0.4, -0.2) is 23.2 Å². The van der Waals surface area contributed by atoms with Gasteiger partial charge in [0.1, 0.15) is 5.75 Å². The summed E-state index contributed by atoms with van der Waals surface area (Å²) < 4.78 is 5.38. The number of carboxylic acid groups (broad SMARTS) is 1. The van der Waals surface area contributed by atoms with E-state index in [0.29, 0.717) is 48.5 Å². The molecule has 3 aromatic rings. The maximum absolute atomic E-state index is 11.4. The van der Waals surface area contributed by atoms with Gasteiger partial charge in [-0.25, -0.2) is 0 Å². The predicted octanol–water partition coefficient (Wildman–Crippen LogP) is 5.43. The first-order chi connectivity index (χ1) is 11.4. The number of benzene rings is 2. The SMILES string of the molecule is COc1ccc(Cl)cc1-c1[nH]c2cc(Cl)cc(Cl)c2c1CC(=O)O. The fourth-order valence-electron chi connectivity index (χ4n) is 2.75. The number of nitrogens with one attached hydrogen (secondary N) is 1. The zero-order valence-electron chi connectivity index (χ0n) is 12.5. The number of hydrogen-bond acceptors (Lipinski definition) is 2. The molecule has 3 rings (SSSR count). The van der Waals surface area contributed by atoms with Crippen molar-refractivity contribution < 1.29 is 14.6 Å². The Morgan fingerprint density at radius 3 is 2.58 bits per heavy atom. The molecule has 0 unspecified atom stereocenters. The van der Waals surface area contributed by atoms with Crippen molar-refractivity contribution in [2.24, 2.45) is 0 Å². The number of H-pyrrole nitrogens is 1. The van der Waals surface area contributed by atoms with Gasteiger partial charge < -0.3 is 14.8 Å². The highest BCUT2D eigenvalue weighted by Crippen LogP contribution is 2.40.